The number of hydrogen-bond donors (Lipinski definition) is 2. The van der Waals surface area contributed by atoms with E-state index in [0.29, 0.717) is 35.5 Å². The number of amides is 2. The Bertz CT molecular complexity index is 934. The van der Waals surface area contributed by atoms with Crippen LogP contribution in [0.25, 0.3) is 11.0 Å². The van der Waals surface area contributed by atoms with Crippen LogP contribution in [-0.2, 0) is 6.54 Å². The van der Waals surface area contributed by atoms with E-state index in [9.17, 15) is 9.59 Å². The van der Waals surface area contributed by atoms with Crippen molar-refractivity contribution >= 4 is 22.8 Å². The monoisotopic (exact) mass is 353 g/mol. The summed E-state index contributed by atoms with van der Waals surface area (Å²) in [6.07, 6.45) is 0. The van der Waals surface area contributed by atoms with Gasteiger partial charge in [-0.15, -0.1) is 5.10 Å². The molecule has 8 nitrogen and oxygen atoms in total. The standard InChI is InChI=1S/C18H19N5O3/c1-3-23-16-10-7-13(11-15(16)19-22-23)18(25)21-20-17(24)12-5-8-14(9-6-12)26-4-2/h5-11H,3-4H2,1-2H3,(H,20,24)(H,21,25). The summed E-state index contributed by atoms with van der Waals surface area (Å²) >= 11 is 0. The summed E-state index contributed by atoms with van der Waals surface area (Å²) in [7, 11) is 0. The topological polar surface area (TPSA) is 98.1 Å². The SMILES string of the molecule is CCOc1ccc(C(=O)NNC(=O)c2ccc3c(c2)nnn3CC)cc1. The van der Waals surface area contributed by atoms with Crippen LogP contribution in [0.1, 0.15) is 34.6 Å². The van der Waals surface area contributed by atoms with Gasteiger partial charge in [-0.3, -0.25) is 20.4 Å². The average Bonchev–Trinajstić information content (AvgIpc) is 3.09. The molecule has 1 aromatic heterocycles. The zero-order valence-electron chi connectivity index (χ0n) is 14.5. The molecule has 0 saturated carbocycles. The average molecular weight is 353 g/mol. The molecule has 0 aliphatic carbocycles. The third kappa shape index (κ3) is 3.64. The van der Waals surface area contributed by atoms with E-state index in [1.54, 1.807) is 47.1 Å². The third-order valence-corrected chi connectivity index (χ3v) is 3.79. The van der Waals surface area contributed by atoms with Gasteiger partial charge >= 0.3 is 0 Å². The highest BCUT2D eigenvalue weighted by atomic mass is 16.5. The van der Waals surface area contributed by atoms with Crippen LogP contribution in [0, 0.1) is 0 Å². The maximum atomic E-state index is 12.2. The predicted octanol–water partition coefficient (Wildman–Crippen LogP) is 1.92. The van der Waals surface area contributed by atoms with Crippen molar-refractivity contribution in [3.8, 4) is 5.75 Å². The number of carbonyl (C=O) groups is 2. The van der Waals surface area contributed by atoms with Crippen LogP contribution < -0.4 is 15.6 Å². The van der Waals surface area contributed by atoms with Gasteiger partial charge in [0.05, 0.1) is 12.1 Å². The molecule has 0 saturated heterocycles. The Morgan fingerprint density at radius 2 is 1.65 bits per heavy atom. The number of aryl methyl sites for hydroxylation is 1. The van der Waals surface area contributed by atoms with Crippen LogP contribution in [0.2, 0.25) is 0 Å². The molecule has 1 heterocycles. The van der Waals surface area contributed by atoms with Crippen LogP contribution in [-0.4, -0.2) is 33.4 Å². The Kier molecular flexibility index (Phi) is 5.12. The zero-order valence-corrected chi connectivity index (χ0v) is 14.5. The smallest absolute Gasteiger partial charge is 0.269 e. The lowest BCUT2D eigenvalue weighted by molar-refractivity contribution is 0.0846. The van der Waals surface area contributed by atoms with Crippen LogP contribution in [0.15, 0.2) is 42.5 Å². The zero-order chi connectivity index (χ0) is 18.5. The van der Waals surface area contributed by atoms with E-state index in [-0.39, 0.29) is 0 Å². The molecule has 0 radical (unpaired) electrons. The molecule has 2 amide bonds. The highest BCUT2D eigenvalue weighted by molar-refractivity contribution is 6.00. The van der Waals surface area contributed by atoms with Gasteiger partial charge < -0.3 is 4.74 Å². The minimum absolute atomic E-state index is 0.382. The number of carbonyl (C=O) groups excluding carboxylic acids is 2. The van der Waals surface area contributed by atoms with Gasteiger partial charge in [0.1, 0.15) is 11.3 Å². The summed E-state index contributed by atoms with van der Waals surface area (Å²) in [6.45, 7) is 5.10. The first-order valence-corrected chi connectivity index (χ1v) is 8.29. The second kappa shape index (κ2) is 7.64. The first-order chi connectivity index (χ1) is 12.6. The molecule has 134 valence electrons. The number of hydrogen-bond acceptors (Lipinski definition) is 5. The van der Waals surface area contributed by atoms with Gasteiger partial charge in [-0.2, -0.15) is 0 Å². The summed E-state index contributed by atoms with van der Waals surface area (Å²) in [4.78, 5) is 24.4. The Morgan fingerprint density at radius 3 is 2.31 bits per heavy atom. The van der Waals surface area contributed by atoms with E-state index in [1.807, 2.05) is 13.8 Å². The molecule has 0 aliphatic heterocycles. The predicted molar refractivity (Wildman–Crippen MR) is 95.7 cm³/mol. The maximum Gasteiger partial charge on any atom is 0.269 e. The number of ether oxygens (including phenoxy) is 1. The fourth-order valence-corrected chi connectivity index (χ4v) is 2.47. The molecule has 3 rings (SSSR count). The molecular weight excluding hydrogens is 334 g/mol. The van der Waals surface area contributed by atoms with Gasteiger partial charge in [-0.05, 0) is 56.3 Å². The minimum atomic E-state index is -0.433. The highest BCUT2D eigenvalue weighted by Crippen LogP contribution is 2.14. The van der Waals surface area contributed by atoms with Crippen molar-refractivity contribution in [2.75, 3.05) is 6.61 Å². The summed E-state index contributed by atoms with van der Waals surface area (Å²) in [5, 5.41) is 8.04. The van der Waals surface area contributed by atoms with Crippen molar-refractivity contribution in [2.45, 2.75) is 20.4 Å². The normalized spacial score (nSPS) is 10.5. The quantitative estimate of drug-likeness (QED) is 0.683. The third-order valence-electron chi connectivity index (χ3n) is 3.79. The minimum Gasteiger partial charge on any atom is -0.494 e. The molecule has 26 heavy (non-hydrogen) atoms. The number of fused-ring (bicyclic) bond motifs is 1. The van der Waals surface area contributed by atoms with Gasteiger partial charge in [-0.1, -0.05) is 5.21 Å². The lowest BCUT2D eigenvalue weighted by Crippen LogP contribution is -2.41. The van der Waals surface area contributed by atoms with Gasteiger partial charge in [-0.25, -0.2) is 4.68 Å². The van der Waals surface area contributed by atoms with E-state index < -0.39 is 11.8 Å². The van der Waals surface area contributed by atoms with Crippen LogP contribution >= 0.6 is 0 Å². The Labute approximate surface area is 150 Å². The van der Waals surface area contributed by atoms with Crippen LogP contribution in [0.5, 0.6) is 5.75 Å². The Balaban J connectivity index is 1.63. The van der Waals surface area contributed by atoms with Gasteiger partial charge in [0.15, 0.2) is 0 Å². The second-order valence-corrected chi connectivity index (χ2v) is 5.47. The number of rotatable bonds is 5. The largest absolute Gasteiger partial charge is 0.494 e. The number of aromatic nitrogens is 3. The highest BCUT2D eigenvalue weighted by Gasteiger charge is 2.12. The molecular formula is C18H19N5O3. The van der Waals surface area contributed by atoms with Crippen molar-refractivity contribution in [3.63, 3.8) is 0 Å². The molecule has 8 heteroatoms. The van der Waals surface area contributed by atoms with Gasteiger partial charge in [0.2, 0.25) is 0 Å². The van der Waals surface area contributed by atoms with Crippen LogP contribution in [0.3, 0.4) is 0 Å². The summed E-state index contributed by atoms with van der Waals surface area (Å²) in [5.74, 6) is -0.168. The fourth-order valence-electron chi connectivity index (χ4n) is 2.47. The van der Waals surface area contributed by atoms with Gasteiger partial charge in [0.25, 0.3) is 11.8 Å². The van der Waals surface area contributed by atoms with E-state index in [0.717, 1.165) is 5.52 Å². The van der Waals surface area contributed by atoms with Crippen molar-refractivity contribution in [1.29, 1.82) is 0 Å². The van der Waals surface area contributed by atoms with E-state index >= 15 is 0 Å². The molecule has 0 spiro atoms. The first-order valence-electron chi connectivity index (χ1n) is 8.29. The summed E-state index contributed by atoms with van der Waals surface area (Å²) < 4.78 is 7.07. The van der Waals surface area contributed by atoms with Gasteiger partial charge in [0, 0.05) is 17.7 Å². The molecule has 3 aromatic rings. The second-order valence-electron chi connectivity index (χ2n) is 5.47. The summed E-state index contributed by atoms with van der Waals surface area (Å²) in [6, 6.07) is 11.7. The molecule has 0 unspecified atom stereocenters. The van der Waals surface area contributed by atoms with Crippen molar-refractivity contribution < 1.29 is 14.3 Å². The lowest BCUT2D eigenvalue weighted by Gasteiger charge is -2.08. The molecule has 0 atom stereocenters. The maximum absolute atomic E-state index is 12.2. The number of benzene rings is 2. The Morgan fingerprint density at radius 1 is 1.00 bits per heavy atom. The molecule has 0 fully saturated rings. The molecule has 2 aromatic carbocycles. The fraction of sp³-hybridized carbons (Fsp3) is 0.222. The molecule has 2 N–H and O–H groups in total. The van der Waals surface area contributed by atoms with Crippen LogP contribution in [0.4, 0.5) is 0 Å². The summed E-state index contributed by atoms with van der Waals surface area (Å²) in [5.41, 5.74) is 7.06. The number of hydrazine groups is 1. The number of nitrogens with one attached hydrogen (secondary N) is 2. The van der Waals surface area contributed by atoms with Crippen molar-refractivity contribution in [3.05, 3.63) is 53.6 Å². The lowest BCUT2D eigenvalue weighted by atomic mass is 10.2. The van der Waals surface area contributed by atoms with Crippen molar-refractivity contribution in [1.82, 2.24) is 25.8 Å². The Hall–Kier alpha value is -3.42. The van der Waals surface area contributed by atoms with E-state index in [4.69, 9.17) is 4.74 Å². The van der Waals surface area contributed by atoms with E-state index in [2.05, 4.69) is 21.2 Å². The molecule has 0 bridgehead atoms. The van der Waals surface area contributed by atoms with Crippen molar-refractivity contribution in [2.24, 2.45) is 0 Å². The number of nitrogens with zero attached hydrogens (tertiary/aromatic N) is 3. The molecule has 0 aliphatic rings. The van der Waals surface area contributed by atoms with E-state index in [1.165, 1.54) is 0 Å². The first kappa shape index (κ1) is 17.4.